The number of halogens is 3. The summed E-state index contributed by atoms with van der Waals surface area (Å²) < 4.78 is 11.6. The number of rotatable bonds is 9. The highest BCUT2D eigenvalue weighted by Gasteiger charge is 2.21. The number of aliphatic hydroxyl groups is 1. The summed E-state index contributed by atoms with van der Waals surface area (Å²) >= 11 is 5.95. The molecule has 7 nitrogen and oxygen atoms in total. The fourth-order valence-corrected chi connectivity index (χ4v) is 5.26. The standard InChI is InChI=1S/C30H33ClN2O5.2ClH/c31-23-5-1-20(2-6-23)29(34)18-32-25-7-3-19-4-8-27(15-21(19)13-25)38-28-16-22(30(35)36)14-26(17-28)33-24-9-11-37-12-10-24;;/h1-2,4-6,8,14-17,24-25,29,32-34H,3,7,9-13,18H2,(H,35,36);2*1H/t25-,29+;;/m0../s1. The van der Waals surface area contributed by atoms with Crippen molar-refractivity contribution in [1.82, 2.24) is 5.32 Å². The zero-order valence-corrected chi connectivity index (χ0v) is 24.4. The van der Waals surface area contributed by atoms with Gasteiger partial charge < -0.3 is 30.3 Å². The molecule has 1 heterocycles. The Kier molecular flexibility index (Phi) is 11.9. The molecule has 4 N–H and O–H groups in total. The van der Waals surface area contributed by atoms with Gasteiger partial charge in [0.2, 0.25) is 0 Å². The number of nitrogens with one attached hydrogen (secondary N) is 2. The maximum atomic E-state index is 11.8. The van der Waals surface area contributed by atoms with Gasteiger partial charge in [-0.1, -0.05) is 29.8 Å². The average molecular weight is 610 g/mol. The number of aliphatic hydroxyl groups excluding tert-OH is 1. The van der Waals surface area contributed by atoms with Crippen molar-refractivity contribution in [1.29, 1.82) is 0 Å². The van der Waals surface area contributed by atoms with Crippen LogP contribution < -0.4 is 15.4 Å². The van der Waals surface area contributed by atoms with E-state index in [1.807, 2.05) is 30.3 Å². The Morgan fingerprint density at radius 2 is 1.70 bits per heavy atom. The molecule has 2 atom stereocenters. The molecule has 2 aliphatic rings. The van der Waals surface area contributed by atoms with Crippen LogP contribution in [0.5, 0.6) is 11.5 Å². The van der Waals surface area contributed by atoms with Crippen LogP contribution in [0.4, 0.5) is 5.69 Å². The second kappa shape index (κ2) is 14.9. The van der Waals surface area contributed by atoms with Gasteiger partial charge in [-0.15, -0.1) is 24.8 Å². The summed E-state index contributed by atoms with van der Waals surface area (Å²) in [5, 5.41) is 27.8. The van der Waals surface area contributed by atoms with Gasteiger partial charge in [-0.3, -0.25) is 0 Å². The number of hydrogen-bond acceptors (Lipinski definition) is 6. The first kappa shape index (κ1) is 32.0. The van der Waals surface area contributed by atoms with Gasteiger partial charge >= 0.3 is 5.97 Å². The van der Waals surface area contributed by atoms with Gasteiger partial charge in [0.1, 0.15) is 11.5 Å². The van der Waals surface area contributed by atoms with E-state index in [1.54, 1.807) is 24.3 Å². The van der Waals surface area contributed by atoms with Crippen molar-refractivity contribution in [3.05, 3.63) is 87.9 Å². The Bertz CT molecular complexity index is 1270. The van der Waals surface area contributed by atoms with Crippen LogP contribution in [-0.2, 0) is 17.6 Å². The van der Waals surface area contributed by atoms with E-state index in [0.29, 0.717) is 36.3 Å². The van der Waals surface area contributed by atoms with Gasteiger partial charge in [-0.25, -0.2) is 4.79 Å². The molecule has 0 aromatic heterocycles. The maximum absolute atomic E-state index is 11.8. The van der Waals surface area contributed by atoms with Crippen molar-refractivity contribution in [2.75, 3.05) is 25.1 Å². The third-order valence-electron chi connectivity index (χ3n) is 7.24. The third kappa shape index (κ3) is 8.49. The average Bonchev–Trinajstić information content (AvgIpc) is 2.92. The van der Waals surface area contributed by atoms with Gasteiger partial charge in [0.15, 0.2) is 0 Å². The Morgan fingerprint density at radius 1 is 0.950 bits per heavy atom. The summed E-state index contributed by atoms with van der Waals surface area (Å²) in [6, 6.07) is 18.9. The van der Waals surface area contributed by atoms with E-state index in [4.69, 9.17) is 21.1 Å². The molecule has 3 aromatic rings. The van der Waals surface area contributed by atoms with Gasteiger partial charge in [0, 0.05) is 48.6 Å². The Labute approximate surface area is 252 Å². The molecular weight excluding hydrogens is 575 g/mol. The highest BCUT2D eigenvalue weighted by Crippen LogP contribution is 2.31. The molecular formula is C30H35Cl3N2O5. The number of carboxylic acids is 1. The zero-order chi connectivity index (χ0) is 26.5. The first-order valence-electron chi connectivity index (χ1n) is 13.1. The Hall–Kier alpha value is -2.52. The molecule has 1 fully saturated rings. The molecule has 10 heteroatoms. The van der Waals surface area contributed by atoms with Crippen molar-refractivity contribution in [3.63, 3.8) is 0 Å². The molecule has 0 radical (unpaired) electrons. The topological polar surface area (TPSA) is 100 Å². The summed E-state index contributed by atoms with van der Waals surface area (Å²) in [6.45, 7) is 1.86. The predicted molar refractivity (Wildman–Crippen MR) is 162 cm³/mol. The molecule has 0 bridgehead atoms. The molecule has 0 spiro atoms. The Balaban J connectivity index is 0.00000220. The highest BCUT2D eigenvalue weighted by molar-refractivity contribution is 6.30. The van der Waals surface area contributed by atoms with Crippen LogP contribution in [-0.4, -0.2) is 48.0 Å². The fourth-order valence-electron chi connectivity index (χ4n) is 5.13. The number of carboxylic acid groups (broad SMARTS) is 1. The fraction of sp³-hybridized carbons (Fsp3) is 0.367. The van der Waals surface area contributed by atoms with E-state index in [-0.39, 0.29) is 42.5 Å². The first-order valence-corrected chi connectivity index (χ1v) is 13.5. The molecule has 1 aliphatic heterocycles. The molecule has 40 heavy (non-hydrogen) atoms. The smallest absolute Gasteiger partial charge is 0.335 e. The van der Waals surface area contributed by atoms with Crippen LogP contribution >= 0.6 is 36.4 Å². The minimum absolute atomic E-state index is 0. The van der Waals surface area contributed by atoms with Crippen molar-refractivity contribution >= 4 is 48.1 Å². The summed E-state index contributed by atoms with van der Waals surface area (Å²) in [5.41, 5.74) is 4.23. The largest absolute Gasteiger partial charge is 0.478 e. The number of aryl methyl sites for hydroxylation is 1. The summed E-state index contributed by atoms with van der Waals surface area (Å²) in [6.07, 6.45) is 3.91. The number of anilines is 1. The van der Waals surface area contributed by atoms with E-state index in [0.717, 1.165) is 43.4 Å². The number of fused-ring (bicyclic) bond motifs is 1. The Morgan fingerprint density at radius 3 is 2.42 bits per heavy atom. The quantitative estimate of drug-likeness (QED) is 0.221. The van der Waals surface area contributed by atoms with Crippen LogP contribution in [0.25, 0.3) is 0 Å². The summed E-state index contributed by atoms with van der Waals surface area (Å²) in [4.78, 5) is 11.8. The van der Waals surface area contributed by atoms with Crippen molar-refractivity contribution in [3.8, 4) is 11.5 Å². The predicted octanol–water partition coefficient (Wildman–Crippen LogP) is 6.45. The van der Waals surface area contributed by atoms with Crippen LogP contribution in [0.1, 0.15) is 52.4 Å². The zero-order valence-electron chi connectivity index (χ0n) is 22.0. The number of carbonyl (C=O) groups is 1. The molecule has 0 amide bonds. The van der Waals surface area contributed by atoms with Gasteiger partial charge in [-0.05, 0) is 85.2 Å². The van der Waals surface area contributed by atoms with Crippen LogP contribution in [0.15, 0.2) is 60.7 Å². The van der Waals surface area contributed by atoms with Gasteiger partial charge in [-0.2, -0.15) is 0 Å². The highest BCUT2D eigenvalue weighted by atomic mass is 35.5. The normalized spacial score (nSPS) is 17.5. The minimum atomic E-state index is -0.995. The molecule has 216 valence electrons. The van der Waals surface area contributed by atoms with Gasteiger partial charge in [0.05, 0.1) is 11.7 Å². The molecule has 1 saturated heterocycles. The van der Waals surface area contributed by atoms with E-state index >= 15 is 0 Å². The van der Waals surface area contributed by atoms with Crippen LogP contribution in [0.2, 0.25) is 5.02 Å². The lowest BCUT2D eigenvalue weighted by Gasteiger charge is -2.27. The lowest BCUT2D eigenvalue weighted by Crippen LogP contribution is -2.37. The van der Waals surface area contributed by atoms with Gasteiger partial charge in [0.25, 0.3) is 0 Å². The SMILES string of the molecule is Cl.Cl.O=C(O)c1cc(NC2CCOCC2)cc(Oc2ccc3c(c2)C[C@@H](NC[C@@H](O)c2ccc(Cl)cc2)CC3)c1. The third-order valence-corrected chi connectivity index (χ3v) is 7.49. The van der Waals surface area contributed by atoms with Crippen molar-refractivity contribution in [2.45, 2.75) is 50.3 Å². The molecule has 0 unspecified atom stereocenters. The molecule has 5 rings (SSSR count). The molecule has 0 saturated carbocycles. The van der Waals surface area contributed by atoms with Crippen LogP contribution in [0.3, 0.4) is 0 Å². The number of benzene rings is 3. The molecule has 3 aromatic carbocycles. The van der Waals surface area contributed by atoms with Crippen LogP contribution in [0, 0.1) is 0 Å². The van der Waals surface area contributed by atoms with Crippen molar-refractivity contribution in [2.24, 2.45) is 0 Å². The van der Waals surface area contributed by atoms with E-state index in [1.165, 1.54) is 11.1 Å². The first-order chi connectivity index (χ1) is 18.4. The maximum Gasteiger partial charge on any atom is 0.335 e. The minimum Gasteiger partial charge on any atom is -0.478 e. The number of aromatic carboxylic acids is 1. The van der Waals surface area contributed by atoms with E-state index < -0.39 is 12.1 Å². The monoisotopic (exact) mass is 608 g/mol. The second-order valence-corrected chi connectivity index (χ2v) is 10.5. The lowest BCUT2D eigenvalue weighted by atomic mass is 9.88. The van der Waals surface area contributed by atoms with E-state index in [2.05, 4.69) is 16.7 Å². The summed E-state index contributed by atoms with van der Waals surface area (Å²) in [5.74, 6) is 0.159. The lowest BCUT2D eigenvalue weighted by molar-refractivity contribution is 0.0696. The number of ether oxygens (including phenoxy) is 2. The number of hydrogen-bond donors (Lipinski definition) is 4. The van der Waals surface area contributed by atoms with E-state index in [9.17, 15) is 15.0 Å². The second-order valence-electron chi connectivity index (χ2n) is 10.0. The molecule has 1 aliphatic carbocycles. The van der Waals surface area contributed by atoms with Crippen molar-refractivity contribution < 1.29 is 24.5 Å². The summed E-state index contributed by atoms with van der Waals surface area (Å²) in [7, 11) is 0.